The molecule has 0 radical (unpaired) electrons. The van der Waals surface area contributed by atoms with E-state index in [1.54, 1.807) is 0 Å². The molecular weight excluding hydrogens is 184 g/mol. The van der Waals surface area contributed by atoms with Crippen molar-refractivity contribution in [3.8, 4) is 0 Å². The Morgan fingerprint density at radius 3 is 2.27 bits per heavy atom. The molecule has 0 N–H and O–H groups in total. The summed E-state index contributed by atoms with van der Waals surface area (Å²) >= 11 is 0. The average molecular weight is 204 g/mol. The van der Waals surface area contributed by atoms with E-state index in [0.29, 0.717) is 18.1 Å². The van der Waals surface area contributed by atoms with Crippen molar-refractivity contribution in [3.63, 3.8) is 0 Å². The SMILES string of the molecule is CCC(C(=O)CC(C)C)c1ccccc1. The number of benzene rings is 1. The van der Waals surface area contributed by atoms with Crippen LogP contribution < -0.4 is 0 Å². The molecule has 1 unspecified atom stereocenters. The van der Waals surface area contributed by atoms with Gasteiger partial charge in [-0.15, -0.1) is 0 Å². The third-order valence-electron chi connectivity index (χ3n) is 2.61. The van der Waals surface area contributed by atoms with E-state index < -0.39 is 0 Å². The second kappa shape index (κ2) is 5.69. The fourth-order valence-corrected chi connectivity index (χ4v) is 1.88. The Hall–Kier alpha value is -1.11. The molecule has 0 aliphatic heterocycles. The van der Waals surface area contributed by atoms with Crippen molar-refractivity contribution in [2.24, 2.45) is 5.92 Å². The van der Waals surface area contributed by atoms with Crippen LogP contribution in [0, 0.1) is 5.92 Å². The van der Waals surface area contributed by atoms with E-state index >= 15 is 0 Å². The van der Waals surface area contributed by atoms with E-state index in [1.807, 2.05) is 30.3 Å². The number of Topliss-reactive ketones (excluding diaryl/α,β-unsaturated/α-hetero) is 1. The molecule has 0 heterocycles. The fourth-order valence-electron chi connectivity index (χ4n) is 1.88. The maximum absolute atomic E-state index is 12.0. The fraction of sp³-hybridized carbons (Fsp3) is 0.500. The maximum Gasteiger partial charge on any atom is 0.140 e. The molecule has 0 aromatic heterocycles. The third-order valence-corrected chi connectivity index (χ3v) is 2.61. The summed E-state index contributed by atoms with van der Waals surface area (Å²) in [4.78, 5) is 12.0. The Morgan fingerprint density at radius 1 is 1.20 bits per heavy atom. The van der Waals surface area contributed by atoms with Gasteiger partial charge >= 0.3 is 0 Å². The molecule has 0 spiro atoms. The summed E-state index contributed by atoms with van der Waals surface area (Å²) in [6, 6.07) is 10.1. The van der Waals surface area contributed by atoms with E-state index in [1.165, 1.54) is 0 Å². The number of ketones is 1. The van der Waals surface area contributed by atoms with E-state index in [4.69, 9.17) is 0 Å². The highest BCUT2D eigenvalue weighted by Crippen LogP contribution is 2.23. The molecule has 0 bridgehead atoms. The zero-order valence-electron chi connectivity index (χ0n) is 9.86. The van der Waals surface area contributed by atoms with Crippen LogP contribution in [-0.2, 0) is 4.79 Å². The summed E-state index contributed by atoms with van der Waals surface area (Å²) in [5.41, 5.74) is 1.16. The van der Waals surface area contributed by atoms with E-state index in [9.17, 15) is 4.79 Å². The molecule has 82 valence electrons. The van der Waals surface area contributed by atoms with Crippen LogP contribution in [0.15, 0.2) is 30.3 Å². The first-order valence-electron chi connectivity index (χ1n) is 5.72. The highest BCUT2D eigenvalue weighted by molar-refractivity contribution is 5.85. The van der Waals surface area contributed by atoms with Gasteiger partial charge in [0, 0.05) is 12.3 Å². The summed E-state index contributed by atoms with van der Waals surface area (Å²) in [6.07, 6.45) is 1.59. The first-order valence-corrected chi connectivity index (χ1v) is 5.72. The number of rotatable bonds is 5. The van der Waals surface area contributed by atoms with Crippen LogP contribution >= 0.6 is 0 Å². The van der Waals surface area contributed by atoms with Crippen LogP contribution in [0.3, 0.4) is 0 Å². The third kappa shape index (κ3) is 3.50. The molecule has 1 atom stereocenters. The van der Waals surface area contributed by atoms with Crippen molar-refractivity contribution in [1.82, 2.24) is 0 Å². The molecule has 0 amide bonds. The van der Waals surface area contributed by atoms with Crippen molar-refractivity contribution < 1.29 is 4.79 Å². The van der Waals surface area contributed by atoms with E-state index in [2.05, 4.69) is 20.8 Å². The second-order valence-corrected chi connectivity index (χ2v) is 4.44. The number of hydrogen-bond donors (Lipinski definition) is 0. The molecule has 1 rings (SSSR count). The highest BCUT2D eigenvalue weighted by Gasteiger charge is 2.18. The van der Waals surface area contributed by atoms with Crippen LogP contribution in [0.25, 0.3) is 0 Å². The molecule has 0 saturated heterocycles. The van der Waals surface area contributed by atoms with Gasteiger partial charge in [0.25, 0.3) is 0 Å². The number of hydrogen-bond acceptors (Lipinski definition) is 1. The largest absolute Gasteiger partial charge is 0.299 e. The van der Waals surface area contributed by atoms with E-state index in [-0.39, 0.29) is 5.92 Å². The molecule has 0 aliphatic carbocycles. The lowest BCUT2D eigenvalue weighted by atomic mass is 9.88. The Labute approximate surface area is 92.5 Å². The smallest absolute Gasteiger partial charge is 0.140 e. The Balaban J connectivity index is 2.76. The topological polar surface area (TPSA) is 17.1 Å². The second-order valence-electron chi connectivity index (χ2n) is 4.44. The number of carbonyl (C=O) groups is 1. The predicted molar refractivity (Wildman–Crippen MR) is 63.9 cm³/mol. The van der Waals surface area contributed by atoms with Crippen molar-refractivity contribution in [1.29, 1.82) is 0 Å². The highest BCUT2D eigenvalue weighted by atomic mass is 16.1. The lowest BCUT2D eigenvalue weighted by Gasteiger charge is -2.15. The summed E-state index contributed by atoms with van der Waals surface area (Å²) < 4.78 is 0. The minimum atomic E-state index is 0.0913. The van der Waals surface area contributed by atoms with Gasteiger partial charge in [-0.25, -0.2) is 0 Å². The zero-order chi connectivity index (χ0) is 11.3. The van der Waals surface area contributed by atoms with Crippen LogP contribution in [0.1, 0.15) is 45.1 Å². The first kappa shape index (κ1) is 12.0. The molecular formula is C14H20O. The van der Waals surface area contributed by atoms with Gasteiger partial charge < -0.3 is 0 Å². The average Bonchev–Trinajstić information content (AvgIpc) is 2.19. The summed E-state index contributed by atoms with van der Waals surface area (Å²) in [5.74, 6) is 0.919. The van der Waals surface area contributed by atoms with Crippen LogP contribution in [0.4, 0.5) is 0 Å². The van der Waals surface area contributed by atoms with Crippen molar-refractivity contribution >= 4 is 5.78 Å². The van der Waals surface area contributed by atoms with Gasteiger partial charge in [-0.2, -0.15) is 0 Å². The Bertz CT molecular complexity index is 300. The van der Waals surface area contributed by atoms with Crippen LogP contribution in [0.2, 0.25) is 0 Å². The molecule has 0 aliphatic rings. The minimum Gasteiger partial charge on any atom is -0.299 e. The normalized spacial score (nSPS) is 12.8. The van der Waals surface area contributed by atoms with Crippen LogP contribution in [0.5, 0.6) is 0 Å². The molecule has 0 saturated carbocycles. The minimum absolute atomic E-state index is 0.0913. The molecule has 0 fully saturated rings. The number of carbonyl (C=O) groups excluding carboxylic acids is 1. The van der Waals surface area contributed by atoms with Crippen molar-refractivity contribution in [2.45, 2.75) is 39.5 Å². The van der Waals surface area contributed by atoms with Gasteiger partial charge in [-0.3, -0.25) is 4.79 Å². The van der Waals surface area contributed by atoms with Gasteiger partial charge in [0.2, 0.25) is 0 Å². The molecule has 1 heteroatoms. The van der Waals surface area contributed by atoms with Crippen LogP contribution in [-0.4, -0.2) is 5.78 Å². The van der Waals surface area contributed by atoms with Gasteiger partial charge in [0.15, 0.2) is 0 Å². The molecule has 15 heavy (non-hydrogen) atoms. The van der Waals surface area contributed by atoms with Gasteiger partial charge in [-0.1, -0.05) is 51.1 Å². The molecule has 1 aromatic rings. The van der Waals surface area contributed by atoms with Gasteiger partial charge in [0.05, 0.1) is 0 Å². The lowest BCUT2D eigenvalue weighted by molar-refractivity contribution is -0.121. The Morgan fingerprint density at radius 2 is 1.80 bits per heavy atom. The summed E-state index contributed by atoms with van der Waals surface area (Å²) in [7, 11) is 0. The monoisotopic (exact) mass is 204 g/mol. The van der Waals surface area contributed by atoms with Gasteiger partial charge in [-0.05, 0) is 17.9 Å². The zero-order valence-corrected chi connectivity index (χ0v) is 9.86. The van der Waals surface area contributed by atoms with Gasteiger partial charge in [0.1, 0.15) is 5.78 Å². The summed E-state index contributed by atoms with van der Waals surface area (Å²) in [5, 5.41) is 0. The standard InChI is InChI=1S/C14H20O/c1-4-13(14(15)10-11(2)3)12-8-6-5-7-9-12/h5-9,11,13H,4,10H2,1-3H3. The maximum atomic E-state index is 12.0. The quantitative estimate of drug-likeness (QED) is 0.713. The van der Waals surface area contributed by atoms with Crippen molar-refractivity contribution in [3.05, 3.63) is 35.9 Å². The first-order chi connectivity index (χ1) is 7.15. The molecule has 1 nitrogen and oxygen atoms in total. The Kier molecular flexibility index (Phi) is 4.54. The lowest BCUT2D eigenvalue weighted by Crippen LogP contribution is -2.13. The predicted octanol–water partition coefficient (Wildman–Crippen LogP) is 3.80. The van der Waals surface area contributed by atoms with Crippen molar-refractivity contribution in [2.75, 3.05) is 0 Å². The molecule has 1 aromatic carbocycles. The summed E-state index contributed by atoms with van der Waals surface area (Å²) in [6.45, 7) is 6.26. The van der Waals surface area contributed by atoms with E-state index in [0.717, 1.165) is 12.0 Å².